The minimum atomic E-state index is -4.32. The SMILES string of the molecule is NCc1ccc(C(F)(F)F)cn1.c1ccc2c(c1)CCC2. The van der Waals surface area contributed by atoms with Crippen molar-refractivity contribution in [3.05, 3.63) is 65.0 Å². The van der Waals surface area contributed by atoms with E-state index in [4.69, 9.17) is 5.73 Å². The molecule has 1 heterocycles. The van der Waals surface area contributed by atoms with E-state index in [0.29, 0.717) is 5.69 Å². The Bertz CT molecular complexity index is 554. The molecule has 1 aromatic heterocycles. The number of hydrogen-bond donors (Lipinski definition) is 1. The van der Waals surface area contributed by atoms with Crippen LogP contribution in [0, 0.1) is 0 Å². The molecule has 2 nitrogen and oxygen atoms in total. The third-order valence-corrected chi connectivity index (χ3v) is 3.37. The van der Waals surface area contributed by atoms with E-state index in [1.807, 2.05) is 0 Å². The zero-order valence-electron chi connectivity index (χ0n) is 11.5. The van der Waals surface area contributed by atoms with Gasteiger partial charge in [0, 0.05) is 12.7 Å². The van der Waals surface area contributed by atoms with Crippen molar-refractivity contribution >= 4 is 0 Å². The van der Waals surface area contributed by atoms with Gasteiger partial charge in [0.15, 0.2) is 0 Å². The van der Waals surface area contributed by atoms with Gasteiger partial charge >= 0.3 is 6.18 Å². The van der Waals surface area contributed by atoms with Crippen LogP contribution in [0.15, 0.2) is 42.6 Å². The van der Waals surface area contributed by atoms with Gasteiger partial charge in [0.05, 0.1) is 11.3 Å². The summed E-state index contributed by atoms with van der Waals surface area (Å²) in [6.07, 6.45) is 0.425. The van der Waals surface area contributed by atoms with Crippen LogP contribution < -0.4 is 5.73 Å². The molecular formula is C16H17F3N2. The average Bonchev–Trinajstić information content (AvgIpc) is 2.95. The van der Waals surface area contributed by atoms with Gasteiger partial charge in [0.1, 0.15) is 0 Å². The highest BCUT2D eigenvalue weighted by Gasteiger charge is 2.30. The molecular weight excluding hydrogens is 277 g/mol. The third-order valence-electron chi connectivity index (χ3n) is 3.37. The Labute approximate surface area is 121 Å². The first-order valence-corrected chi connectivity index (χ1v) is 6.79. The molecule has 5 heteroatoms. The number of alkyl halides is 3. The van der Waals surface area contributed by atoms with Crippen molar-refractivity contribution in [2.24, 2.45) is 5.73 Å². The Morgan fingerprint density at radius 1 is 1.00 bits per heavy atom. The summed E-state index contributed by atoms with van der Waals surface area (Å²) in [6, 6.07) is 11.0. The summed E-state index contributed by atoms with van der Waals surface area (Å²) >= 11 is 0. The van der Waals surface area contributed by atoms with Gasteiger partial charge in [-0.15, -0.1) is 0 Å². The topological polar surface area (TPSA) is 38.9 Å². The number of benzene rings is 1. The average molecular weight is 294 g/mol. The summed E-state index contributed by atoms with van der Waals surface area (Å²) in [5.74, 6) is 0. The van der Waals surface area contributed by atoms with Crippen LogP contribution in [0.3, 0.4) is 0 Å². The Kier molecular flexibility index (Phi) is 4.96. The van der Waals surface area contributed by atoms with E-state index >= 15 is 0 Å². The fraction of sp³-hybridized carbons (Fsp3) is 0.312. The van der Waals surface area contributed by atoms with Gasteiger partial charge in [-0.25, -0.2) is 0 Å². The molecule has 0 unspecified atom stereocenters. The summed E-state index contributed by atoms with van der Waals surface area (Å²) in [6.45, 7) is 0.151. The fourth-order valence-electron chi connectivity index (χ4n) is 2.23. The van der Waals surface area contributed by atoms with Crippen molar-refractivity contribution in [3.63, 3.8) is 0 Å². The summed E-state index contributed by atoms with van der Waals surface area (Å²) in [4.78, 5) is 3.52. The van der Waals surface area contributed by atoms with Gasteiger partial charge in [-0.3, -0.25) is 4.98 Å². The third kappa shape index (κ3) is 4.29. The van der Waals surface area contributed by atoms with E-state index in [2.05, 4.69) is 29.2 Å². The molecule has 0 spiro atoms. The van der Waals surface area contributed by atoms with Crippen molar-refractivity contribution in [2.75, 3.05) is 0 Å². The zero-order chi connectivity index (χ0) is 15.3. The molecule has 0 fully saturated rings. The second-order valence-electron chi connectivity index (χ2n) is 4.86. The molecule has 1 aliphatic carbocycles. The molecule has 0 aliphatic heterocycles. The largest absolute Gasteiger partial charge is 0.417 e. The number of aromatic nitrogens is 1. The molecule has 3 rings (SSSR count). The van der Waals surface area contributed by atoms with Gasteiger partial charge in [-0.2, -0.15) is 13.2 Å². The molecule has 0 bridgehead atoms. The minimum Gasteiger partial charge on any atom is -0.325 e. The van der Waals surface area contributed by atoms with Crippen molar-refractivity contribution in [3.8, 4) is 0 Å². The number of nitrogens with zero attached hydrogens (tertiary/aromatic N) is 1. The maximum atomic E-state index is 12.0. The Morgan fingerprint density at radius 2 is 1.62 bits per heavy atom. The Balaban J connectivity index is 0.000000159. The first kappa shape index (κ1) is 15.5. The summed E-state index contributed by atoms with van der Waals surface area (Å²) < 4.78 is 35.9. The molecule has 112 valence electrons. The molecule has 1 aliphatic rings. The Morgan fingerprint density at radius 3 is 2.05 bits per heavy atom. The number of nitrogens with two attached hydrogens (primary N) is 1. The lowest BCUT2D eigenvalue weighted by atomic mass is 10.1. The predicted octanol–water partition coefficient (Wildman–Crippen LogP) is 3.73. The van der Waals surface area contributed by atoms with Gasteiger partial charge in [-0.05, 0) is 42.5 Å². The van der Waals surface area contributed by atoms with Crippen LogP contribution in [-0.2, 0) is 25.6 Å². The maximum Gasteiger partial charge on any atom is 0.417 e. The molecule has 0 saturated carbocycles. The lowest BCUT2D eigenvalue weighted by molar-refractivity contribution is -0.137. The molecule has 2 aromatic rings. The summed E-state index contributed by atoms with van der Waals surface area (Å²) in [5, 5.41) is 0. The summed E-state index contributed by atoms with van der Waals surface area (Å²) in [7, 11) is 0. The second kappa shape index (κ2) is 6.72. The molecule has 0 radical (unpaired) electrons. The number of aryl methyl sites for hydroxylation is 2. The van der Waals surface area contributed by atoms with Crippen LogP contribution in [0.2, 0.25) is 0 Å². The molecule has 2 N–H and O–H groups in total. The highest BCUT2D eigenvalue weighted by atomic mass is 19.4. The van der Waals surface area contributed by atoms with E-state index in [0.717, 1.165) is 12.3 Å². The number of halogens is 3. The second-order valence-corrected chi connectivity index (χ2v) is 4.86. The first-order chi connectivity index (χ1) is 10.0. The summed E-state index contributed by atoms with van der Waals surface area (Å²) in [5.41, 5.74) is 8.00. The van der Waals surface area contributed by atoms with E-state index in [1.165, 1.54) is 25.3 Å². The molecule has 0 atom stereocenters. The Hall–Kier alpha value is -1.88. The van der Waals surface area contributed by atoms with E-state index in [-0.39, 0.29) is 6.54 Å². The van der Waals surface area contributed by atoms with Crippen LogP contribution in [0.4, 0.5) is 13.2 Å². The highest BCUT2D eigenvalue weighted by Crippen LogP contribution is 2.28. The van der Waals surface area contributed by atoms with Crippen molar-refractivity contribution in [1.82, 2.24) is 4.98 Å². The normalized spacial score (nSPS) is 13.3. The number of rotatable bonds is 1. The molecule has 0 saturated heterocycles. The van der Waals surface area contributed by atoms with Gasteiger partial charge in [0.25, 0.3) is 0 Å². The van der Waals surface area contributed by atoms with Gasteiger partial charge in [-0.1, -0.05) is 24.3 Å². The number of hydrogen-bond acceptors (Lipinski definition) is 2. The van der Waals surface area contributed by atoms with E-state index in [9.17, 15) is 13.2 Å². The first-order valence-electron chi connectivity index (χ1n) is 6.79. The lowest BCUT2D eigenvalue weighted by Gasteiger charge is -2.05. The monoisotopic (exact) mass is 294 g/mol. The zero-order valence-corrected chi connectivity index (χ0v) is 11.5. The fourth-order valence-corrected chi connectivity index (χ4v) is 2.23. The van der Waals surface area contributed by atoms with E-state index in [1.54, 1.807) is 11.1 Å². The van der Waals surface area contributed by atoms with Crippen LogP contribution in [0.25, 0.3) is 0 Å². The smallest absolute Gasteiger partial charge is 0.325 e. The van der Waals surface area contributed by atoms with Crippen LogP contribution >= 0.6 is 0 Å². The van der Waals surface area contributed by atoms with Crippen LogP contribution in [0.5, 0.6) is 0 Å². The standard InChI is InChI=1S/C9H10.C7H7F3N2/c1-2-5-9-7-3-6-8(9)4-1;8-7(9,10)5-1-2-6(3-11)12-4-5/h1-2,4-5H,3,6-7H2;1-2,4H,3,11H2. The predicted molar refractivity (Wildman–Crippen MR) is 75.6 cm³/mol. The molecule has 0 amide bonds. The van der Waals surface area contributed by atoms with Crippen LogP contribution in [-0.4, -0.2) is 4.98 Å². The van der Waals surface area contributed by atoms with E-state index < -0.39 is 11.7 Å². The molecule has 1 aromatic carbocycles. The van der Waals surface area contributed by atoms with Crippen LogP contribution in [0.1, 0.15) is 28.8 Å². The van der Waals surface area contributed by atoms with Crippen molar-refractivity contribution < 1.29 is 13.2 Å². The van der Waals surface area contributed by atoms with Gasteiger partial charge < -0.3 is 5.73 Å². The lowest BCUT2D eigenvalue weighted by Crippen LogP contribution is -2.07. The van der Waals surface area contributed by atoms with Gasteiger partial charge in [0.2, 0.25) is 0 Å². The quantitative estimate of drug-likeness (QED) is 0.870. The highest BCUT2D eigenvalue weighted by molar-refractivity contribution is 5.30. The molecule has 21 heavy (non-hydrogen) atoms. The maximum absolute atomic E-state index is 12.0. The minimum absolute atomic E-state index is 0.151. The number of fused-ring (bicyclic) bond motifs is 1. The number of pyridine rings is 1. The van der Waals surface area contributed by atoms with Crippen molar-refractivity contribution in [1.29, 1.82) is 0 Å². The van der Waals surface area contributed by atoms with Crippen molar-refractivity contribution in [2.45, 2.75) is 32.0 Å².